The molecule has 0 aliphatic heterocycles. The van der Waals surface area contributed by atoms with Gasteiger partial charge in [-0.05, 0) is 38.3 Å². The van der Waals surface area contributed by atoms with Gasteiger partial charge in [0, 0.05) is 18.0 Å². The molecule has 0 saturated heterocycles. The monoisotopic (exact) mass is 281 g/mol. The molecule has 1 aliphatic carbocycles. The Balaban J connectivity index is 1.55. The largest absolute Gasteiger partial charge is 0.378 e. The Morgan fingerprint density at radius 2 is 2.16 bits per heavy atom. The van der Waals surface area contributed by atoms with Gasteiger partial charge < -0.3 is 10.1 Å². The summed E-state index contributed by atoms with van der Waals surface area (Å²) < 4.78 is 5.83. The Hall–Kier alpha value is -0.870. The lowest BCUT2D eigenvalue weighted by atomic mass is 9.98. The third-order valence-corrected chi connectivity index (χ3v) is 4.48. The van der Waals surface area contributed by atoms with Gasteiger partial charge in [0.05, 0.1) is 11.0 Å². The van der Waals surface area contributed by atoms with Crippen LogP contribution in [-0.4, -0.2) is 25.2 Å². The number of rotatable bonds is 6. The minimum atomic E-state index is 0.0377. The molecule has 19 heavy (non-hydrogen) atoms. The number of thiophene rings is 1. The van der Waals surface area contributed by atoms with Crippen molar-refractivity contribution in [2.24, 2.45) is 0 Å². The van der Waals surface area contributed by atoms with Crippen LogP contribution in [-0.2, 0) is 4.74 Å². The van der Waals surface area contributed by atoms with Crippen LogP contribution >= 0.6 is 11.3 Å². The molecule has 1 N–H and O–H groups in total. The van der Waals surface area contributed by atoms with E-state index in [2.05, 4.69) is 5.32 Å². The molecule has 0 bridgehead atoms. The third-order valence-electron chi connectivity index (χ3n) is 3.48. The van der Waals surface area contributed by atoms with Crippen molar-refractivity contribution in [3.05, 3.63) is 21.9 Å². The molecule has 1 aromatic heterocycles. The van der Waals surface area contributed by atoms with Gasteiger partial charge in [0.1, 0.15) is 0 Å². The van der Waals surface area contributed by atoms with Crippen LogP contribution in [0.2, 0.25) is 0 Å². The Kier molecular flexibility index (Phi) is 5.86. The summed E-state index contributed by atoms with van der Waals surface area (Å²) in [5.41, 5.74) is 0. The minimum absolute atomic E-state index is 0.0377. The molecule has 1 heterocycles. The molecule has 0 radical (unpaired) electrons. The van der Waals surface area contributed by atoms with Crippen molar-refractivity contribution < 1.29 is 9.53 Å². The standard InChI is InChI=1S/C15H23NO2S/c1-12-8-9-14(19-12)15(17)16-10-5-11-18-13-6-3-2-4-7-13/h8-9,13H,2-7,10-11H2,1H3,(H,16,17). The summed E-state index contributed by atoms with van der Waals surface area (Å²) in [5.74, 6) is 0.0377. The molecule has 1 aliphatic rings. The maximum absolute atomic E-state index is 11.8. The third kappa shape index (κ3) is 4.96. The molecule has 3 nitrogen and oxygen atoms in total. The summed E-state index contributed by atoms with van der Waals surface area (Å²) >= 11 is 1.54. The second-order valence-electron chi connectivity index (χ2n) is 5.15. The van der Waals surface area contributed by atoms with E-state index >= 15 is 0 Å². The maximum Gasteiger partial charge on any atom is 0.261 e. The summed E-state index contributed by atoms with van der Waals surface area (Å²) in [7, 11) is 0. The van der Waals surface area contributed by atoms with Gasteiger partial charge >= 0.3 is 0 Å². The second-order valence-corrected chi connectivity index (χ2v) is 6.44. The first kappa shape index (κ1) is 14.5. The van der Waals surface area contributed by atoms with Crippen molar-refractivity contribution in [2.45, 2.75) is 51.6 Å². The van der Waals surface area contributed by atoms with Crippen LogP contribution in [0.4, 0.5) is 0 Å². The van der Waals surface area contributed by atoms with E-state index in [1.165, 1.54) is 48.3 Å². The summed E-state index contributed by atoms with van der Waals surface area (Å²) in [5, 5.41) is 2.94. The van der Waals surface area contributed by atoms with E-state index in [0.717, 1.165) is 17.9 Å². The first-order valence-electron chi connectivity index (χ1n) is 7.22. The summed E-state index contributed by atoms with van der Waals surface area (Å²) in [6.07, 6.45) is 7.74. The van der Waals surface area contributed by atoms with E-state index in [-0.39, 0.29) is 5.91 Å². The average Bonchev–Trinajstić information content (AvgIpc) is 2.86. The van der Waals surface area contributed by atoms with Crippen LogP contribution < -0.4 is 5.32 Å². The van der Waals surface area contributed by atoms with Gasteiger partial charge in [0.2, 0.25) is 0 Å². The molecule has 0 aromatic carbocycles. The molecule has 1 aromatic rings. The Labute approximate surface area is 119 Å². The van der Waals surface area contributed by atoms with Crippen LogP contribution in [0, 0.1) is 6.92 Å². The molecule has 1 saturated carbocycles. The minimum Gasteiger partial charge on any atom is -0.378 e. The lowest BCUT2D eigenvalue weighted by Crippen LogP contribution is -2.25. The molecular weight excluding hydrogens is 258 g/mol. The van der Waals surface area contributed by atoms with Crippen molar-refractivity contribution in [1.82, 2.24) is 5.32 Å². The number of nitrogens with one attached hydrogen (secondary N) is 1. The van der Waals surface area contributed by atoms with Gasteiger partial charge in [-0.15, -0.1) is 11.3 Å². The zero-order valence-corrected chi connectivity index (χ0v) is 12.4. The number of amides is 1. The predicted octanol–water partition coefficient (Wildman–Crippen LogP) is 3.53. The van der Waals surface area contributed by atoms with Crippen LogP contribution in [0.5, 0.6) is 0 Å². The van der Waals surface area contributed by atoms with Gasteiger partial charge in [-0.3, -0.25) is 4.79 Å². The molecule has 106 valence electrons. The topological polar surface area (TPSA) is 38.3 Å². The van der Waals surface area contributed by atoms with E-state index < -0.39 is 0 Å². The molecule has 0 spiro atoms. The normalized spacial score (nSPS) is 16.5. The van der Waals surface area contributed by atoms with Crippen LogP contribution in [0.3, 0.4) is 0 Å². The van der Waals surface area contributed by atoms with E-state index in [4.69, 9.17) is 4.74 Å². The molecule has 4 heteroatoms. The van der Waals surface area contributed by atoms with Crippen LogP contribution in [0.1, 0.15) is 53.1 Å². The average molecular weight is 281 g/mol. The summed E-state index contributed by atoms with van der Waals surface area (Å²) in [6.45, 7) is 3.47. The van der Waals surface area contributed by atoms with Crippen molar-refractivity contribution in [3.8, 4) is 0 Å². The smallest absolute Gasteiger partial charge is 0.261 e. The number of hydrogen-bond acceptors (Lipinski definition) is 3. The highest BCUT2D eigenvalue weighted by Gasteiger charge is 2.13. The first-order chi connectivity index (χ1) is 9.25. The lowest BCUT2D eigenvalue weighted by molar-refractivity contribution is 0.0273. The van der Waals surface area contributed by atoms with E-state index in [0.29, 0.717) is 12.6 Å². The van der Waals surface area contributed by atoms with Crippen molar-refractivity contribution in [2.75, 3.05) is 13.2 Å². The molecular formula is C15H23NO2S. The van der Waals surface area contributed by atoms with E-state index in [1.54, 1.807) is 0 Å². The molecule has 1 fully saturated rings. The van der Waals surface area contributed by atoms with Gasteiger partial charge in [-0.25, -0.2) is 0 Å². The quantitative estimate of drug-likeness (QED) is 0.810. The fraction of sp³-hybridized carbons (Fsp3) is 0.667. The first-order valence-corrected chi connectivity index (χ1v) is 8.03. The molecule has 0 unspecified atom stereocenters. The van der Waals surface area contributed by atoms with Crippen LogP contribution in [0.15, 0.2) is 12.1 Å². The summed E-state index contributed by atoms with van der Waals surface area (Å²) in [6, 6.07) is 3.86. The number of aryl methyl sites for hydroxylation is 1. The van der Waals surface area contributed by atoms with Crippen molar-refractivity contribution in [3.63, 3.8) is 0 Å². The van der Waals surface area contributed by atoms with Gasteiger partial charge in [-0.1, -0.05) is 19.3 Å². The van der Waals surface area contributed by atoms with E-state index in [9.17, 15) is 4.79 Å². The molecule has 1 amide bonds. The summed E-state index contributed by atoms with van der Waals surface area (Å²) in [4.78, 5) is 13.8. The highest BCUT2D eigenvalue weighted by atomic mass is 32.1. The Morgan fingerprint density at radius 3 is 2.84 bits per heavy atom. The zero-order valence-electron chi connectivity index (χ0n) is 11.6. The SMILES string of the molecule is Cc1ccc(C(=O)NCCCOC2CCCCC2)s1. The van der Waals surface area contributed by atoms with Crippen LogP contribution in [0.25, 0.3) is 0 Å². The predicted molar refractivity (Wildman–Crippen MR) is 78.8 cm³/mol. The molecule has 0 atom stereocenters. The number of hydrogen-bond donors (Lipinski definition) is 1. The number of carbonyl (C=O) groups excluding carboxylic acids is 1. The van der Waals surface area contributed by atoms with Crippen molar-refractivity contribution in [1.29, 1.82) is 0 Å². The molecule has 2 rings (SSSR count). The van der Waals surface area contributed by atoms with Gasteiger partial charge in [0.25, 0.3) is 5.91 Å². The van der Waals surface area contributed by atoms with Gasteiger partial charge in [-0.2, -0.15) is 0 Å². The Morgan fingerprint density at radius 1 is 1.37 bits per heavy atom. The second kappa shape index (κ2) is 7.65. The Bertz CT molecular complexity index is 397. The fourth-order valence-corrected chi connectivity index (χ4v) is 3.18. The van der Waals surface area contributed by atoms with E-state index in [1.807, 2.05) is 19.1 Å². The maximum atomic E-state index is 11.8. The van der Waals surface area contributed by atoms with Gasteiger partial charge in [0.15, 0.2) is 0 Å². The fourth-order valence-electron chi connectivity index (χ4n) is 2.40. The number of carbonyl (C=O) groups is 1. The zero-order chi connectivity index (χ0) is 13.5. The highest BCUT2D eigenvalue weighted by Crippen LogP contribution is 2.20. The van der Waals surface area contributed by atoms with Crippen molar-refractivity contribution >= 4 is 17.2 Å². The highest BCUT2D eigenvalue weighted by molar-refractivity contribution is 7.13. The number of ether oxygens (including phenoxy) is 1. The lowest BCUT2D eigenvalue weighted by Gasteiger charge is -2.21.